The normalized spacial score (nSPS) is 17.3. The second kappa shape index (κ2) is 10.9. The van der Waals surface area contributed by atoms with E-state index in [9.17, 15) is 9.50 Å². The van der Waals surface area contributed by atoms with Gasteiger partial charge in [-0.25, -0.2) is 4.39 Å². The van der Waals surface area contributed by atoms with E-state index >= 15 is 0 Å². The number of aliphatic hydroxyl groups is 1. The number of ether oxygens (including phenoxy) is 1. The van der Waals surface area contributed by atoms with E-state index in [0.29, 0.717) is 31.1 Å². The molecule has 0 radical (unpaired) electrons. The summed E-state index contributed by atoms with van der Waals surface area (Å²) in [5.41, 5.74) is 2.70. The summed E-state index contributed by atoms with van der Waals surface area (Å²) >= 11 is 6.13. The largest absolute Gasteiger partial charge is 0.390 e. The van der Waals surface area contributed by atoms with Crippen molar-refractivity contribution in [1.82, 2.24) is 4.90 Å². The highest BCUT2D eigenvalue weighted by molar-refractivity contribution is 6.30. The molecule has 162 valence electrons. The molecule has 1 heterocycles. The number of halogens is 2. The predicted octanol–water partition coefficient (Wildman–Crippen LogP) is 4.26. The number of benzene rings is 2. The lowest BCUT2D eigenvalue weighted by Crippen LogP contribution is -2.39. The lowest BCUT2D eigenvalue weighted by molar-refractivity contribution is -0.0194. The highest BCUT2D eigenvalue weighted by Gasteiger charge is 2.26. The van der Waals surface area contributed by atoms with Crippen molar-refractivity contribution in [1.29, 1.82) is 0 Å². The Morgan fingerprint density at radius 1 is 1.27 bits per heavy atom. The molecule has 1 N–H and O–H groups in total. The average Bonchev–Trinajstić information content (AvgIpc) is 3.15. The standard InChI is InChI=1S/C23H28ClFN2O3/c1-16(2)29-15-21(28)13-27(12-17-4-3-5-19(24)10-17)14-22-11-23(26-30-22)18-6-8-20(25)9-7-18/h3-10,16,21-22,28H,11-15H2,1-2H3/t21-,22+/m1/s1. The molecule has 2 aromatic carbocycles. The van der Waals surface area contributed by atoms with Crippen LogP contribution in [0.5, 0.6) is 0 Å². The minimum atomic E-state index is -0.620. The molecule has 7 heteroatoms. The van der Waals surface area contributed by atoms with Crippen LogP contribution in [0, 0.1) is 5.82 Å². The van der Waals surface area contributed by atoms with Crippen molar-refractivity contribution in [3.05, 3.63) is 70.5 Å². The molecule has 0 fully saturated rings. The third-order valence-corrected chi connectivity index (χ3v) is 4.99. The van der Waals surface area contributed by atoms with Crippen LogP contribution >= 0.6 is 11.6 Å². The molecule has 0 aromatic heterocycles. The minimum absolute atomic E-state index is 0.0610. The van der Waals surface area contributed by atoms with Gasteiger partial charge in [0.15, 0.2) is 0 Å². The van der Waals surface area contributed by atoms with Gasteiger partial charge in [-0.2, -0.15) is 0 Å². The number of oxime groups is 1. The van der Waals surface area contributed by atoms with Crippen LogP contribution in [0.4, 0.5) is 4.39 Å². The highest BCUT2D eigenvalue weighted by atomic mass is 35.5. The Bertz CT molecular complexity index is 845. The zero-order valence-corrected chi connectivity index (χ0v) is 18.1. The van der Waals surface area contributed by atoms with Gasteiger partial charge in [-0.3, -0.25) is 4.90 Å². The van der Waals surface area contributed by atoms with E-state index in [-0.39, 0.29) is 24.6 Å². The van der Waals surface area contributed by atoms with Crippen molar-refractivity contribution in [3.8, 4) is 0 Å². The molecule has 5 nitrogen and oxygen atoms in total. The first-order valence-electron chi connectivity index (χ1n) is 10.1. The van der Waals surface area contributed by atoms with Gasteiger partial charge in [0.25, 0.3) is 0 Å². The smallest absolute Gasteiger partial charge is 0.145 e. The Morgan fingerprint density at radius 3 is 2.73 bits per heavy atom. The molecule has 0 saturated heterocycles. The van der Waals surface area contributed by atoms with E-state index < -0.39 is 6.10 Å². The summed E-state index contributed by atoms with van der Waals surface area (Å²) in [4.78, 5) is 7.75. The van der Waals surface area contributed by atoms with Gasteiger partial charge >= 0.3 is 0 Å². The van der Waals surface area contributed by atoms with Crippen molar-refractivity contribution in [2.75, 3.05) is 19.7 Å². The van der Waals surface area contributed by atoms with Gasteiger partial charge < -0.3 is 14.7 Å². The van der Waals surface area contributed by atoms with E-state index in [1.165, 1.54) is 12.1 Å². The Labute approximate surface area is 182 Å². The first kappa shape index (κ1) is 22.7. The molecule has 30 heavy (non-hydrogen) atoms. The van der Waals surface area contributed by atoms with E-state index in [1.807, 2.05) is 38.1 Å². The van der Waals surface area contributed by atoms with Gasteiger partial charge in [-0.15, -0.1) is 0 Å². The van der Waals surface area contributed by atoms with Crippen LogP contribution in [0.15, 0.2) is 53.7 Å². The maximum atomic E-state index is 13.2. The number of hydrogen-bond donors (Lipinski definition) is 1. The summed E-state index contributed by atoms with van der Waals surface area (Å²) in [5.74, 6) is -0.278. The number of aliphatic hydroxyl groups excluding tert-OH is 1. The van der Waals surface area contributed by atoms with Crippen molar-refractivity contribution in [2.24, 2.45) is 5.16 Å². The van der Waals surface area contributed by atoms with Crippen LogP contribution in [-0.2, 0) is 16.1 Å². The number of rotatable bonds is 10. The van der Waals surface area contributed by atoms with Crippen LogP contribution in [0.3, 0.4) is 0 Å². The van der Waals surface area contributed by atoms with Crippen LogP contribution < -0.4 is 0 Å². The summed E-state index contributed by atoms with van der Waals surface area (Å²) in [6.07, 6.45) is -0.0882. The third kappa shape index (κ3) is 7.06. The Balaban J connectivity index is 1.62. The molecular formula is C23H28ClFN2O3. The summed E-state index contributed by atoms with van der Waals surface area (Å²) < 4.78 is 18.7. The summed E-state index contributed by atoms with van der Waals surface area (Å²) in [6, 6.07) is 13.9. The average molecular weight is 435 g/mol. The lowest BCUT2D eigenvalue weighted by Gasteiger charge is -2.27. The summed E-state index contributed by atoms with van der Waals surface area (Å²) in [7, 11) is 0. The quantitative estimate of drug-likeness (QED) is 0.607. The molecule has 2 aromatic rings. The Hall–Kier alpha value is -1.99. The fraction of sp³-hybridized carbons (Fsp3) is 0.435. The molecule has 2 atom stereocenters. The number of nitrogens with zero attached hydrogens (tertiary/aromatic N) is 2. The van der Waals surface area contributed by atoms with E-state index in [2.05, 4.69) is 10.1 Å². The second-order valence-corrected chi connectivity index (χ2v) is 8.27. The van der Waals surface area contributed by atoms with Crippen molar-refractivity contribution in [3.63, 3.8) is 0 Å². The van der Waals surface area contributed by atoms with Gasteiger partial charge in [0.2, 0.25) is 0 Å². The lowest BCUT2D eigenvalue weighted by atomic mass is 10.0. The SMILES string of the molecule is CC(C)OC[C@H](O)CN(Cc1cccc(Cl)c1)C[C@@H]1CC(c2ccc(F)cc2)=NO1. The van der Waals surface area contributed by atoms with Crippen LogP contribution in [-0.4, -0.2) is 53.7 Å². The zero-order chi connectivity index (χ0) is 21.5. The predicted molar refractivity (Wildman–Crippen MR) is 116 cm³/mol. The van der Waals surface area contributed by atoms with Crippen LogP contribution in [0.1, 0.15) is 31.4 Å². The molecule has 0 amide bonds. The molecule has 0 bridgehead atoms. The van der Waals surface area contributed by atoms with Gasteiger partial charge in [0.05, 0.1) is 24.5 Å². The zero-order valence-electron chi connectivity index (χ0n) is 17.3. The maximum absolute atomic E-state index is 13.2. The highest BCUT2D eigenvalue weighted by Crippen LogP contribution is 2.20. The minimum Gasteiger partial charge on any atom is -0.390 e. The van der Waals surface area contributed by atoms with Crippen LogP contribution in [0.25, 0.3) is 0 Å². The van der Waals surface area contributed by atoms with E-state index in [1.54, 1.807) is 12.1 Å². The van der Waals surface area contributed by atoms with Crippen LogP contribution in [0.2, 0.25) is 5.02 Å². The Kier molecular flexibility index (Phi) is 8.22. The molecule has 0 spiro atoms. The maximum Gasteiger partial charge on any atom is 0.145 e. The van der Waals surface area contributed by atoms with E-state index in [0.717, 1.165) is 16.8 Å². The second-order valence-electron chi connectivity index (χ2n) is 7.84. The monoisotopic (exact) mass is 434 g/mol. The van der Waals surface area contributed by atoms with Gasteiger partial charge in [0.1, 0.15) is 11.9 Å². The van der Waals surface area contributed by atoms with E-state index in [4.69, 9.17) is 21.2 Å². The molecule has 0 unspecified atom stereocenters. The summed E-state index contributed by atoms with van der Waals surface area (Å²) in [6.45, 7) is 5.79. The van der Waals surface area contributed by atoms with Gasteiger partial charge in [-0.1, -0.05) is 41.0 Å². The number of hydrogen-bond acceptors (Lipinski definition) is 5. The van der Waals surface area contributed by atoms with Gasteiger partial charge in [0, 0.05) is 31.1 Å². The Morgan fingerprint density at radius 2 is 2.03 bits per heavy atom. The molecular weight excluding hydrogens is 407 g/mol. The van der Waals surface area contributed by atoms with Crippen molar-refractivity contribution >= 4 is 17.3 Å². The molecule has 0 saturated carbocycles. The van der Waals surface area contributed by atoms with Crippen molar-refractivity contribution < 1.29 is 19.1 Å². The topological polar surface area (TPSA) is 54.3 Å². The summed E-state index contributed by atoms with van der Waals surface area (Å²) in [5, 5.41) is 15.3. The molecule has 1 aliphatic heterocycles. The fourth-order valence-corrected chi connectivity index (χ4v) is 3.59. The van der Waals surface area contributed by atoms with Gasteiger partial charge in [-0.05, 0) is 49.2 Å². The fourth-order valence-electron chi connectivity index (χ4n) is 3.38. The molecule has 1 aliphatic rings. The first-order chi connectivity index (χ1) is 14.4. The molecule has 0 aliphatic carbocycles. The third-order valence-electron chi connectivity index (χ3n) is 4.76. The molecule has 3 rings (SSSR count). The van der Waals surface area contributed by atoms with Crippen molar-refractivity contribution in [2.45, 2.75) is 45.1 Å². The first-order valence-corrected chi connectivity index (χ1v) is 10.5.